The minimum Gasteiger partial charge on any atom is -0.493 e. The molecule has 5 aliphatic rings. The second-order valence-electron chi connectivity index (χ2n) is 23.4. The maximum absolute atomic E-state index is 14.7. The van der Waals surface area contributed by atoms with Crippen molar-refractivity contribution in [2.24, 2.45) is 10.9 Å². The van der Waals surface area contributed by atoms with Crippen molar-refractivity contribution < 1.29 is 62.4 Å². The van der Waals surface area contributed by atoms with Crippen LogP contribution in [-0.4, -0.2) is 124 Å². The number of benzene rings is 5. The highest BCUT2D eigenvalue weighted by Crippen LogP contribution is 2.43. The van der Waals surface area contributed by atoms with Crippen LogP contribution in [0.25, 0.3) is 0 Å². The number of aromatic nitrogens is 1. The lowest BCUT2D eigenvalue weighted by molar-refractivity contribution is -0.137. The molecule has 5 aliphatic heterocycles. The summed E-state index contributed by atoms with van der Waals surface area (Å²) in [5.74, 6) is -1.74. The molecule has 0 saturated heterocycles. The van der Waals surface area contributed by atoms with E-state index < -0.39 is 48.7 Å². The molecule has 0 spiro atoms. The Hall–Kier alpha value is -10.1. The van der Waals surface area contributed by atoms with Gasteiger partial charge in [-0.25, -0.2) is 9.69 Å². The molecule has 1 aromatic heterocycles. The summed E-state index contributed by atoms with van der Waals surface area (Å²) < 4.78 is 30.2. The van der Waals surface area contributed by atoms with Crippen molar-refractivity contribution in [3.8, 4) is 23.0 Å². The van der Waals surface area contributed by atoms with Gasteiger partial charge < -0.3 is 54.6 Å². The van der Waals surface area contributed by atoms with Gasteiger partial charge in [0.2, 0.25) is 17.7 Å². The molecular formula is C68H71N9O14. The monoisotopic (exact) mass is 1240 g/mol. The number of rotatable bonds is 22. The second kappa shape index (κ2) is 27.7. The Morgan fingerprint density at radius 1 is 0.692 bits per heavy atom. The van der Waals surface area contributed by atoms with Crippen LogP contribution in [0, 0.1) is 5.92 Å². The van der Waals surface area contributed by atoms with Crippen molar-refractivity contribution in [1.29, 1.82) is 0 Å². The minimum absolute atomic E-state index is 0.0162. The van der Waals surface area contributed by atoms with E-state index >= 15 is 0 Å². The van der Waals surface area contributed by atoms with E-state index in [-0.39, 0.29) is 104 Å². The Bertz CT molecular complexity index is 3900. The highest BCUT2D eigenvalue weighted by Gasteiger charge is 2.46. The quantitative estimate of drug-likeness (QED) is 0.0341. The number of aromatic amines is 1. The lowest BCUT2D eigenvalue weighted by Crippen LogP contribution is -2.55. The number of fused-ring (bicyclic) bond motifs is 6. The Labute approximate surface area is 524 Å². The van der Waals surface area contributed by atoms with Gasteiger partial charge in [-0.3, -0.25) is 48.4 Å². The molecule has 0 bridgehead atoms. The van der Waals surface area contributed by atoms with Crippen LogP contribution in [0.1, 0.15) is 94.7 Å². The van der Waals surface area contributed by atoms with E-state index in [1.165, 1.54) is 59.6 Å². The maximum Gasteiger partial charge on any atom is 0.416 e. The summed E-state index contributed by atoms with van der Waals surface area (Å²) in [5, 5.41) is 20.4. The number of H-pyrrole nitrogens is 1. The normalized spacial score (nSPS) is 17.5. The first kappa shape index (κ1) is 62.5. The molecule has 6 heterocycles. The Morgan fingerprint density at radius 2 is 1.33 bits per heavy atom. The zero-order valence-electron chi connectivity index (χ0n) is 50.9. The molecule has 472 valence electrons. The van der Waals surface area contributed by atoms with Gasteiger partial charge in [-0.2, -0.15) is 0 Å². The molecule has 23 heteroatoms. The molecule has 1 unspecified atom stereocenters. The van der Waals surface area contributed by atoms with Crippen LogP contribution < -0.4 is 45.2 Å². The fraction of sp³-hybridized carbons (Fsp3) is 0.338. The number of aliphatic hydroxyl groups is 1. The van der Waals surface area contributed by atoms with Crippen LogP contribution in [0.4, 0.5) is 21.9 Å². The van der Waals surface area contributed by atoms with E-state index in [1.54, 1.807) is 45.2 Å². The van der Waals surface area contributed by atoms with E-state index in [1.807, 2.05) is 42.6 Å². The smallest absolute Gasteiger partial charge is 0.416 e. The molecule has 0 fully saturated rings. The summed E-state index contributed by atoms with van der Waals surface area (Å²) in [5.41, 5.74) is 7.54. The van der Waals surface area contributed by atoms with Gasteiger partial charge in [0.1, 0.15) is 25.9 Å². The molecule has 6 aromatic rings. The Balaban J connectivity index is 0.731. The van der Waals surface area contributed by atoms with Gasteiger partial charge in [-0.15, -0.1) is 0 Å². The first-order chi connectivity index (χ1) is 44.0. The number of carbonyl (C=O) groups excluding carboxylic acids is 7. The third kappa shape index (κ3) is 14.3. The van der Waals surface area contributed by atoms with E-state index in [2.05, 4.69) is 50.1 Å². The average Bonchev–Trinajstić information content (AvgIpc) is 1.72. The zero-order valence-corrected chi connectivity index (χ0v) is 50.9. The summed E-state index contributed by atoms with van der Waals surface area (Å²) in [4.78, 5) is 119. The third-order valence-corrected chi connectivity index (χ3v) is 16.8. The van der Waals surface area contributed by atoms with Crippen molar-refractivity contribution in [1.82, 2.24) is 30.3 Å². The molecule has 11 rings (SSSR count). The van der Waals surface area contributed by atoms with Gasteiger partial charge in [-0.05, 0) is 89.2 Å². The molecule has 7 amide bonds. The van der Waals surface area contributed by atoms with Crippen molar-refractivity contribution in [3.63, 3.8) is 0 Å². The van der Waals surface area contributed by atoms with Crippen molar-refractivity contribution in [2.45, 2.75) is 116 Å². The van der Waals surface area contributed by atoms with Crippen LogP contribution in [-0.2, 0) is 81.0 Å². The molecule has 5 N–H and O–H groups in total. The van der Waals surface area contributed by atoms with Gasteiger partial charge in [0.15, 0.2) is 34.7 Å². The van der Waals surface area contributed by atoms with Crippen LogP contribution in [0.5, 0.6) is 23.0 Å². The largest absolute Gasteiger partial charge is 0.493 e. The number of amides is 7. The fourth-order valence-corrected chi connectivity index (χ4v) is 12.0. The summed E-state index contributed by atoms with van der Waals surface area (Å²) >= 11 is 0. The summed E-state index contributed by atoms with van der Waals surface area (Å²) in [6, 6.07) is 30.3. The number of ether oxygens (including phenoxy) is 5. The predicted octanol–water partition coefficient (Wildman–Crippen LogP) is 6.92. The summed E-state index contributed by atoms with van der Waals surface area (Å²) in [6.45, 7) is 4.49. The Morgan fingerprint density at radius 3 is 2.01 bits per heavy atom. The topological polar surface area (TPSA) is 280 Å². The first-order valence-corrected chi connectivity index (χ1v) is 30.3. The van der Waals surface area contributed by atoms with Crippen LogP contribution >= 0.6 is 0 Å². The number of pyridine rings is 1. The molecule has 0 radical (unpaired) electrons. The zero-order chi connectivity index (χ0) is 63.9. The number of nitrogens with zero attached hydrogens (tertiary/aromatic N) is 5. The number of methoxy groups -OCH3 is 2. The fourth-order valence-electron chi connectivity index (χ4n) is 12.0. The minimum atomic E-state index is -1.61. The number of imide groups is 1. The number of carbonyl (C=O) groups is 7. The number of unbranched alkanes of at least 4 members (excludes halogenated alkanes) is 2. The van der Waals surface area contributed by atoms with Crippen LogP contribution in [0.15, 0.2) is 131 Å². The van der Waals surface area contributed by atoms with Gasteiger partial charge in [0.05, 0.1) is 55.1 Å². The predicted molar refractivity (Wildman–Crippen MR) is 335 cm³/mol. The van der Waals surface area contributed by atoms with Crippen LogP contribution in [0.3, 0.4) is 0 Å². The third-order valence-electron chi connectivity index (χ3n) is 16.8. The van der Waals surface area contributed by atoms with Gasteiger partial charge >= 0.3 is 6.09 Å². The standard InChI is InChI=1S/C68H71N9O14/c1-40(2)64(73-60(79)16-6-5-11-23-75-62(81)21-22-63(75)82)65(83)70-33-61(80)72-47-19-17-41(18-20-47)37-91-68(86)77-54-31-59(57(88-4)29-52(54)66(84)76-36-45-15-10-8-13-43(45)25-55(76)67(77)85)90-39-49-28-51(78)27-48(71-49)38-89-58-30-53-46(26-56(58)87-3)35-74-34-44-14-9-7-12-42(44)24-50(74)32-69-53/h7-10,12-15,17-22,26-32,40,50,55,64,67,85H,5-6,11,16,23-25,33-39H2,1-4H3,(H,70,83)(H,71,78)(H,72,80)(H,73,79)/t50-,55-,64-,67?/m0/s1. The van der Waals surface area contributed by atoms with E-state index in [0.717, 1.165) is 45.1 Å². The summed E-state index contributed by atoms with van der Waals surface area (Å²) in [6.07, 6.45) is 4.67. The summed E-state index contributed by atoms with van der Waals surface area (Å²) in [7, 11) is 2.98. The highest BCUT2D eigenvalue weighted by molar-refractivity contribution is 6.13. The first-order valence-electron chi connectivity index (χ1n) is 30.3. The van der Waals surface area contributed by atoms with Crippen LogP contribution in [0.2, 0.25) is 0 Å². The van der Waals surface area contributed by atoms with Gasteiger partial charge in [0, 0.05) is 87.0 Å². The number of nitrogens with one attached hydrogen (secondary N) is 4. The molecule has 5 aromatic carbocycles. The van der Waals surface area contributed by atoms with Crippen molar-refractivity contribution in [2.75, 3.05) is 37.5 Å². The maximum atomic E-state index is 14.7. The van der Waals surface area contributed by atoms with E-state index in [0.29, 0.717) is 59.9 Å². The highest BCUT2D eigenvalue weighted by atomic mass is 16.6. The molecule has 0 saturated carbocycles. The van der Waals surface area contributed by atoms with Crippen molar-refractivity contribution >= 4 is 64.8 Å². The molecule has 4 atom stereocenters. The van der Waals surface area contributed by atoms with E-state index in [9.17, 15) is 43.5 Å². The Kier molecular flexibility index (Phi) is 19.0. The molecule has 91 heavy (non-hydrogen) atoms. The lowest BCUT2D eigenvalue weighted by Gasteiger charge is -2.39. The molecule has 0 aliphatic carbocycles. The average molecular weight is 1240 g/mol. The van der Waals surface area contributed by atoms with Crippen molar-refractivity contribution in [3.05, 3.63) is 182 Å². The molecule has 23 nitrogen and oxygen atoms in total. The van der Waals surface area contributed by atoms with Gasteiger partial charge in [0.25, 0.3) is 17.7 Å². The number of hydrogen-bond acceptors (Lipinski definition) is 16. The number of aliphatic imine (C=N–C) groups is 1. The second-order valence-corrected chi connectivity index (χ2v) is 23.4. The van der Waals surface area contributed by atoms with E-state index in [4.69, 9.17) is 28.7 Å². The number of anilines is 2. The number of hydrogen-bond donors (Lipinski definition) is 5. The lowest BCUT2D eigenvalue weighted by atomic mass is 9.93. The number of aliphatic hydroxyl groups excluding tert-OH is 1. The van der Waals surface area contributed by atoms with Gasteiger partial charge in [-0.1, -0.05) is 80.9 Å². The molecular weight excluding hydrogens is 1170 g/mol. The SMILES string of the molecule is COc1cc2c(cc1OCc1cc(=O)cc(COc3cc4c(cc3OC)C(=O)N3Cc5ccccc5C[C@H]3C(O)N4C(=O)OCc3ccc(NC(=O)CNC(=O)[C@@H](NC(=O)CCCCCN4C(=O)C=CC4=O)C(C)C)cc3)[nH]1)N=C[C@@H]1Cc3ccccc3CN1C2.